The Bertz CT molecular complexity index is 454. The van der Waals surface area contributed by atoms with Crippen LogP contribution in [0.25, 0.3) is 0 Å². The molecule has 0 atom stereocenters. The molecule has 0 aliphatic rings. The summed E-state index contributed by atoms with van der Waals surface area (Å²) in [5.41, 5.74) is 1.15. The topological polar surface area (TPSA) is 50.1 Å². The van der Waals surface area contributed by atoms with Crippen molar-refractivity contribution in [1.82, 2.24) is 0 Å². The zero-order valence-electron chi connectivity index (χ0n) is 8.66. The van der Waals surface area contributed by atoms with E-state index in [1.54, 1.807) is 19.1 Å². The van der Waals surface area contributed by atoms with Crippen molar-refractivity contribution in [3.63, 3.8) is 0 Å². The molecule has 0 radical (unpaired) electrons. The molecule has 1 aromatic rings. The van der Waals surface area contributed by atoms with Crippen molar-refractivity contribution in [2.24, 2.45) is 0 Å². The molecule has 0 bridgehead atoms. The van der Waals surface area contributed by atoms with E-state index in [4.69, 9.17) is 10.00 Å². The van der Waals surface area contributed by atoms with Gasteiger partial charge in [-0.1, -0.05) is 0 Å². The van der Waals surface area contributed by atoms with Crippen LogP contribution in [0.3, 0.4) is 0 Å². The fourth-order valence-corrected chi connectivity index (χ4v) is 1.95. The summed E-state index contributed by atoms with van der Waals surface area (Å²) in [6, 6.07) is 5.51. The Morgan fingerprint density at radius 3 is 2.88 bits per heavy atom. The van der Waals surface area contributed by atoms with Crippen molar-refractivity contribution in [3.05, 3.63) is 26.8 Å². The van der Waals surface area contributed by atoms with Crippen molar-refractivity contribution in [1.29, 1.82) is 5.26 Å². The molecular formula is C11H10INO2S. The predicted molar refractivity (Wildman–Crippen MR) is 71.5 cm³/mol. The number of ether oxygens (including phenoxy) is 1. The molecular weight excluding hydrogens is 337 g/mol. The van der Waals surface area contributed by atoms with Crippen LogP contribution in [0.5, 0.6) is 0 Å². The first-order chi connectivity index (χ1) is 7.58. The maximum Gasteiger partial charge on any atom is 0.310 e. The van der Waals surface area contributed by atoms with Crippen LogP contribution in [-0.2, 0) is 16.0 Å². The molecule has 0 amide bonds. The average Bonchev–Trinajstić information content (AvgIpc) is 2.23. The van der Waals surface area contributed by atoms with Crippen molar-refractivity contribution >= 4 is 41.2 Å². The molecule has 0 aliphatic heterocycles. The van der Waals surface area contributed by atoms with E-state index in [0.29, 0.717) is 17.7 Å². The summed E-state index contributed by atoms with van der Waals surface area (Å²) < 4.78 is 5.76. The van der Waals surface area contributed by atoms with Crippen LogP contribution in [0, 0.1) is 14.9 Å². The number of rotatable bonds is 3. The van der Waals surface area contributed by atoms with Gasteiger partial charge in [0.1, 0.15) is 0 Å². The fraction of sp³-hybridized carbons (Fsp3) is 0.273. The van der Waals surface area contributed by atoms with Crippen molar-refractivity contribution in [2.45, 2.75) is 18.2 Å². The van der Waals surface area contributed by atoms with Crippen LogP contribution >= 0.6 is 35.2 Å². The van der Waals surface area contributed by atoms with Gasteiger partial charge in [-0.3, -0.25) is 4.79 Å². The smallest absolute Gasteiger partial charge is 0.310 e. The highest BCUT2D eigenvalue weighted by Crippen LogP contribution is 2.22. The third kappa shape index (κ3) is 3.39. The van der Waals surface area contributed by atoms with Gasteiger partial charge in [0.15, 0.2) is 0 Å². The molecule has 16 heavy (non-hydrogen) atoms. The summed E-state index contributed by atoms with van der Waals surface area (Å²) in [4.78, 5) is 12.1. The van der Waals surface area contributed by atoms with E-state index in [0.717, 1.165) is 8.47 Å². The monoisotopic (exact) mass is 347 g/mol. The number of esters is 1. The van der Waals surface area contributed by atoms with Gasteiger partial charge >= 0.3 is 5.97 Å². The van der Waals surface area contributed by atoms with Gasteiger partial charge in [-0.2, -0.15) is 5.26 Å². The zero-order valence-corrected chi connectivity index (χ0v) is 11.7. The summed E-state index contributed by atoms with van der Waals surface area (Å²) in [7, 11) is 0. The highest BCUT2D eigenvalue weighted by atomic mass is 127. The highest BCUT2D eigenvalue weighted by molar-refractivity contribution is 14.1. The first kappa shape index (κ1) is 13.3. The van der Waals surface area contributed by atoms with Gasteiger partial charge in [0.2, 0.25) is 0 Å². The fourth-order valence-electron chi connectivity index (χ4n) is 1.22. The van der Waals surface area contributed by atoms with Gasteiger partial charge in [-0.15, -0.1) is 12.6 Å². The van der Waals surface area contributed by atoms with Crippen LogP contribution in [0.4, 0.5) is 0 Å². The van der Waals surface area contributed by atoms with Crippen molar-refractivity contribution in [2.75, 3.05) is 6.61 Å². The second-order valence-corrected chi connectivity index (χ2v) is 4.70. The summed E-state index contributed by atoms with van der Waals surface area (Å²) >= 11 is 6.34. The van der Waals surface area contributed by atoms with E-state index in [1.165, 1.54) is 0 Å². The lowest BCUT2D eigenvalue weighted by molar-refractivity contribution is -0.142. The number of hydrogen-bond acceptors (Lipinski definition) is 4. The summed E-state index contributed by atoms with van der Waals surface area (Å²) in [6.45, 7) is 2.10. The Balaban J connectivity index is 3.00. The van der Waals surface area contributed by atoms with Gasteiger partial charge in [0, 0.05) is 8.47 Å². The molecule has 0 unspecified atom stereocenters. The minimum absolute atomic E-state index is 0.126. The van der Waals surface area contributed by atoms with E-state index < -0.39 is 0 Å². The van der Waals surface area contributed by atoms with E-state index in [1.807, 2.05) is 0 Å². The number of nitriles is 1. The van der Waals surface area contributed by atoms with Crippen LogP contribution in [0.15, 0.2) is 17.0 Å². The SMILES string of the molecule is CCOC(=O)Cc1cc(I)c(S)cc1C#N. The molecule has 0 fully saturated rings. The maximum absolute atomic E-state index is 11.3. The van der Waals surface area contributed by atoms with E-state index >= 15 is 0 Å². The molecule has 5 heteroatoms. The van der Waals surface area contributed by atoms with E-state index in [-0.39, 0.29) is 12.4 Å². The maximum atomic E-state index is 11.3. The van der Waals surface area contributed by atoms with Crippen molar-refractivity contribution in [3.8, 4) is 6.07 Å². The number of halogens is 1. The number of nitrogens with zero attached hydrogens (tertiary/aromatic N) is 1. The Labute approximate surface area is 113 Å². The first-order valence-electron chi connectivity index (χ1n) is 4.65. The summed E-state index contributed by atoms with van der Waals surface area (Å²) in [5.74, 6) is -0.318. The molecule has 84 valence electrons. The lowest BCUT2D eigenvalue weighted by Gasteiger charge is -2.06. The van der Waals surface area contributed by atoms with Crippen LogP contribution in [0.2, 0.25) is 0 Å². The molecule has 3 nitrogen and oxygen atoms in total. The molecule has 0 aromatic heterocycles. The van der Waals surface area contributed by atoms with E-state index in [2.05, 4.69) is 41.3 Å². The minimum Gasteiger partial charge on any atom is -0.466 e. The molecule has 0 saturated heterocycles. The molecule has 0 saturated carbocycles. The zero-order chi connectivity index (χ0) is 12.1. The number of carbonyl (C=O) groups is 1. The molecule has 1 rings (SSSR count). The number of hydrogen-bond donors (Lipinski definition) is 1. The Kier molecular flexibility index (Phi) is 5.09. The third-order valence-corrected chi connectivity index (χ3v) is 3.62. The Morgan fingerprint density at radius 1 is 1.62 bits per heavy atom. The predicted octanol–water partition coefficient (Wildman–Crippen LogP) is 2.56. The number of carbonyl (C=O) groups excluding carboxylic acids is 1. The van der Waals surface area contributed by atoms with Gasteiger partial charge in [0.05, 0.1) is 24.7 Å². The Morgan fingerprint density at radius 2 is 2.31 bits per heavy atom. The lowest BCUT2D eigenvalue weighted by atomic mass is 10.1. The van der Waals surface area contributed by atoms with Gasteiger partial charge in [0.25, 0.3) is 0 Å². The minimum atomic E-state index is -0.318. The highest BCUT2D eigenvalue weighted by Gasteiger charge is 2.11. The molecule has 1 aromatic carbocycles. The van der Waals surface area contributed by atoms with Crippen LogP contribution < -0.4 is 0 Å². The number of benzene rings is 1. The van der Waals surface area contributed by atoms with Gasteiger partial charge in [-0.05, 0) is 47.2 Å². The Hall–Kier alpha value is -0.740. The average molecular weight is 347 g/mol. The quantitative estimate of drug-likeness (QED) is 0.519. The van der Waals surface area contributed by atoms with Gasteiger partial charge in [-0.25, -0.2) is 0 Å². The van der Waals surface area contributed by atoms with Gasteiger partial charge < -0.3 is 4.74 Å². The molecule has 0 spiro atoms. The van der Waals surface area contributed by atoms with Crippen LogP contribution in [0.1, 0.15) is 18.1 Å². The molecule has 0 heterocycles. The third-order valence-electron chi connectivity index (χ3n) is 1.93. The lowest BCUT2D eigenvalue weighted by Crippen LogP contribution is -2.09. The largest absolute Gasteiger partial charge is 0.466 e. The normalized spacial score (nSPS) is 9.62. The summed E-state index contributed by atoms with van der Waals surface area (Å²) in [6.07, 6.45) is 0.126. The molecule has 0 N–H and O–H groups in total. The summed E-state index contributed by atoms with van der Waals surface area (Å²) in [5, 5.41) is 8.94. The molecule has 0 aliphatic carbocycles. The second kappa shape index (κ2) is 6.11. The van der Waals surface area contributed by atoms with E-state index in [9.17, 15) is 4.79 Å². The van der Waals surface area contributed by atoms with Crippen molar-refractivity contribution < 1.29 is 9.53 Å². The standard InChI is InChI=1S/C11H10INO2S/c1-2-15-11(14)5-7-3-9(12)10(16)4-8(7)6-13/h3-4,16H,2,5H2,1H3. The second-order valence-electron chi connectivity index (χ2n) is 3.05. The number of thiol groups is 1. The first-order valence-corrected chi connectivity index (χ1v) is 6.18. The van der Waals surface area contributed by atoms with Crippen LogP contribution in [-0.4, -0.2) is 12.6 Å².